The number of likely N-dealkylation sites (tertiary alicyclic amines) is 1. The number of hydrogen-bond acceptors (Lipinski definition) is 5. The van der Waals surface area contributed by atoms with E-state index < -0.39 is 17.8 Å². The molecule has 2 aliphatic rings. The number of aromatic nitrogens is 1. The second-order valence-electron chi connectivity index (χ2n) is 8.01. The molecule has 1 aromatic heterocycles. The lowest BCUT2D eigenvalue weighted by Gasteiger charge is -2.41. The number of terminal acetylenes is 1. The fourth-order valence-electron chi connectivity index (χ4n) is 3.98. The second-order valence-corrected chi connectivity index (χ2v) is 8.01. The lowest BCUT2D eigenvalue weighted by atomic mass is 9.89. The maximum atomic E-state index is 12.7. The first kappa shape index (κ1) is 21.9. The third kappa shape index (κ3) is 4.68. The summed E-state index contributed by atoms with van der Waals surface area (Å²) >= 11 is 0. The Bertz CT molecular complexity index is 825. The molecule has 0 bridgehead atoms. The molecule has 0 aromatic carbocycles. The largest absolute Gasteiger partial charge is 0.417 e. The van der Waals surface area contributed by atoms with Gasteiger partial charge in [0.25, 0.3) is 0 Å². The van der Waals surface area contributed by atoms with E-state index in [9.17, 15) is 23.2 Å². The van der Waals surface area contributed by atoms with Gasteiger partial charge in [-0.1, -0.05) is 5.92 Å². The molecule has 160 valence electrons. The van der Waals surface area contributed by atoms with Crippen LogP contribution in [0.5, 0.6) is 0 Å². The van der Waals surface area contributed by atoms with E-state index in [-0.39, 0.29) is 24.0 Å². The molecular formula is C21H24F3N5O. The van der Waals surface area contributed by atoms with Crippen molar-refractivity contribution in [2.45, 2.75) is 56.4 Å². The van der Waals surface area contributed by atoms with Gasteiger partial charge in [0.1, 0.15) is 11.9 Å². The highest BCUT2D eigenvalue weighted by molar-refractivity contribution is 5.80. The Morgan fingerprint density at radius 1 is 1.33 bits per heavy atom. The number of amides is 1. The molecule has 0 aliphatic carbocycles. The molecule has 3 heterocycles. The Labute approximate surface area is 174 Å². The summed E-state index contributed by atoms with van der Waals surface area (Å²) in [4.78, 5) is 20.1. The standard InChI is InChI=1S/C21H24F3N5O/c1-3-16-5-6-17(12-25)29(16)19(30)14-27-20(2)8-10-28(11-9-20)18-7-4-15(13-26-18)21(22,23)24/h1,4,7,13,16-17,27H,5-6,8-11,14H2,2H3/t16-,17?/m1/s1. The number of hydrogen-bond donors (Lipinski definition) is 1. The number of anilines is 1. The van der Waals surface area contributed by atoms with Crippen molar-refractivity contribution in [1.29, 1.82) is 5.26 Å². The van der Waals surface area contributed by atoms with Crippen LogP contribution in [0, 0.1) is 23.7 Å². The van der Waals surface area contributed by atoms with Gasteiger partial charge in [0.2, 0.25) is 5.91 Å². The SMILES string of the molecule is C#C[C@@H]1CCC(C#N)N1C(=O)CNC1(C)CCN(c2ccc(C(F)(F)F)cn2)CC1. The summed E-state index contributed by atoms with van der Waals surface area (Å²) in [5, 5.41) is 12.6. The molecule has 0 radical (unpaired) electrons. The number of carbonyl (C=O) groups excluding carboxylic acids is 1. The van der Waals surface area contributed by atoms with E-state index in [1.807, 2.05) is 11.8 Å². The molecule has 1 aromatic rings. The fraction of sp³-hybridized carbons (Fsp3) is 0.571. The first-order valence-electron chi connectivity index (χ1n) is 9.87. The predicted molar refractivity (Wildman–Crippen MR) is 105 cm³/mol. The average Bonchev–Trinajstić information content (AvgIpc) is 3.15. The van der Waals surface area contributed by atoms with Crippen LogP contribution in [0.2, 0.25) is 0 Å². The van der Waals surface area contributed by atoms with Gasteiger partial charge in [-0.15, -0.1) is 6.42 Å². The quantitative estimate of drug-likeness (QED) is 0.760. The molecule has 6 nitrogen and oxygen atoms in total. The molecule has 2 saturated heterocycles. The van der Waals surface area contributed by atoms with Gasteiger partial charge in [-0.25, -0.2) is 4.98 Å². The lowest BCUT2D eigenvalue weighted by Crippen LogP contribution is -2.55. The first-order valence-corrected chi connectivity index (χ1v) is 9.87. The number of rotatable bonds is 4. The highest BCUT2D eigenvalue weighted by Crippen LogP contribution is 2.31. The number of halogens is 3. The zero-order valence-electron chi connectivity index (χ0n) is 16.7. The highest BCUT2D eigenvalue weighted by Gasteiger charge is 2.37. The van der Waals surface area contributed by atoms with Crippen LogP contribution in [0.25, 0.3) is 0 Å². The molecule has 1 amide bonds. The van der Waals surface area contributed by atoms with Crippen LogP contribution in [0.1, 0.15) is 38.2 Å². The van der Waals surface area contributed by atoms with Gasteiger partial charge >= 0.3 is 6.18 Å². The van der Waals surface area contributed by atoms with Gasteiger partial charge in [0.05, 0.1) is 24.2 Å². The number of alkyl halides is 3. The summed E-state index contributed by atoms with van der Waals surface area (Å²) in [5.41, 5.74) is -1.07. The number of nitrogens with one attached hydrogen (secondary N) is 1. The molecule has 2 fully saturated rings. The molecule has 2 aliphatic heterocycles. The third-order valence-electron chi connectivity index (χ3n) is 5.95. The van der Waals surface area contributed by atoms with E-state index in [4.69, 9.17) is 6.42 Å². The molecule has 9 heteroatoms. The van der Waals surface area contributed by atoms with Crippen molar-refractivity contribution >= 4 is 11.7 Å². The maximum Gasteiger partial charge on any atom is 0.417 e. The molecule has 3 rings (SSSR count). The monoisotopic (exact) mass is 419 g/mol. The summed E-state index contributed by atoms with van der Waals surface area (Å²) in [7, 11) is 0. The van der Waals surface area contributed by atoms with Crippen molar-refractivity contribution in [2.75, 3.05) is 24.5 Å². The number of nitriles is 1. The van der Waals surface area contributed by atoms with E-state index in [0.29, 0.717) is 44.6 Å². The van der Waals surface area contributed by atoms with Gasteiger partial charge in [-0.05, 0) is 44.7 Å². The van der Waals surface area contributed by atoms with Crippen molar-refractivity contribution in [3.05, 3.63) is 23.9 Å². The summed E-state index contributed by atoms with van der Waals surface area (Å²) in [6.07, 6.45) is 4.56. The minimum Gasteiger partial charge on any atom is -0.356 e. The van der Waals surface area contributed by atoms with Crippen LogP contribution in [-0.4, -0.2) is 53.0 Å². The lowest BCUT2D eigenvalue weighted by molar-refractivity contribution is -0.137. The van der Waals surface area contributed by atoms with Gasteiger partial charge in [0, 0.05) is 24.8 Å². The minimum atomic E-state index is -4.40. The van der Waals surface area contributed by atoms with Gasteiger partial charge in [-0.2, -0.15) is 18.4 Å². The molecule has 30 heavy (non-hydrogen) atoms. The topological polar surface area (TPSA) is 72.3 Å². The summed E-state index contributed by atoms with van der Waals surface area (Å²) in [6, 6.07) is 3.74. The predicted octanol–water partition coefficient (Wildman–Crippen LogP) is 2.57. The Hall–Kier alpha value is -2.78. The average molecular weight is 419 g/mol. The highest BCUT2D eigenvalue weighted by atomic mass is 19.4. The van der Waals surface area contributed by atoms with E-state index in [1.165, 1.54) is 11.0 Å². The van der Waals surface area contributed by atoms with E-state index in [0.717, 1.165) is 12.3 Å². The summed E-state index contributed by atoms with van der Waals surface area (Å²) in [6.45, 7) is 3.31. The van der Waals surface area contributed by atoms with Crippen LogP contribution >= 0.6 is 0 Å². The first-order chi connectivity index (χ1) is 14.2. The molecule has 2 atom stereocenters. The minimum absolute atomic E-state index is 0.0887. The van der Waals surface area contributed by atoms with Crippen molar-refractivity contribution in [3.8, 4) is 18.4 Å². The number of carbonyl (C=O) groups is 1. The maximum absolute atomic E-state index is 12.7. The number of piperidine rings is 1. The molecule has 1 N–H and O–H groups in total. The van der Waals surface area contributed by atoms with Crippen LogP contribution < -0.4 is 10.2 Å². The van der Waals surface area contributed by atoms with Crippen LogP contribution in [-0.2, 0) is 11.0 Å². The Balaban J connectivity index is 1.54. The van der Waals surface area contributed by atoms with E-state index in [2.05, 4.69) is 22.3 Å². The van der Waals surface area contributed by atoms with Gasteiger partial charge in [0.15, 0.2) is 0 Å². The van der Waals surface area contributed by atoms with Crippen molar-refractivity contribution in [1.82, 2.24) is 15.2 Å². The number of pyridine rings is 1. The Kier molecular flexibility index (Phi) is 6.23. The normalized spacial score (nSPS) is 23.7. The van der Waals surface area contributed by atoms with Crippen molar-refractivity contribution < 1.29 is 18.0 Å². The summed E-state index contributed by atoms with van der Waals surface area (Å²) in [5.74, 6) is 2.91. The Morgan fingerprint density at radius 2 is 2.00 bits per heavy atom. The second kappa shape index (κ2) is 8.53. The zero-order chi connectivity index (χ0) is 21.9. The van der Waals surface area contributed by atoms with Crippen molar-refractivity contribution in [2.24, 2.45) is 0 Å². The van der Waals surface area contributed by atoms with Crippen LogP contribution in [0.15, 0.2) is 18.3 Å². The Morgan fingerprint density at radius 3 is 2.53 bits per heavy atom. The molecular weight excluding hydrogens is 395 g/mol. The molecule has 1 unspecified atom stereocenters. The van der Waals surface area contributed by atoms with E-state index in [1.54, 1.807) is 0 Å². The van der Waals surface area contributed by atoms with Gasteiger partial charge in [-0.3, -0.25) is 4.79 Å². The molecule has 0 spiro atoms. The van der Waals surface area contributed by atoms with E-state index >= 15 is 0 Å². The van der Waals surface area contributed by atoms with Crippen LogP contribution in [0.4, 0.5) is 19.0 Å². The third-order valence-corrected chi connectivity index (χ3v) is 5.95. The number of nitrogens with zero attached hydrogens (tertiary/aromatic N) is 4. The smallest absolute Gasteiger partial charge is 0.356 e. The van der Waals surface area contributed by atoms with Crippen LogP contribution in [0.3, 0.4) is 0 Å². The van der Waals surface area contributed by atoms with Gasteiger partial charge < -0.3 is 15.1 Å². The molecule has 0 saturated carbocycles. The van der Waals surface area contributed by atoms with Crippen molar-refractivity contribution in [3.63, 3.8) is 0 Å². The fourth-order valence-corrected chi connectivity index (χ4v) is 3.98. The summed E-state index contributed by atoms with van der Waals surface area (Å²) < 4.78 is 38.1. The zero-order valence-corrected chi connectivity index (χ0v) is 16.7.